The quantitative estimate of drug-likeness (QED) is 0.748. The molecule has 2 aromatic rings. The molecule has 0 bridgehead atoms. The third-order valence-electron chi connectivity index (χ3n) is 2.00. The standard InChI is InChI=1S/C12H8Cl3NO/c13-7-10-6-11(1-2-16-10)17-12-4-8(14)3-9(15)5-12/h1-6H,7H2. The molecule has 5 heteroatoms. The summed E-state index contributed by atoms with van der Waals surface area (Å²) < 4.78 is 5.61. The number of nitrogens with zero attached hydrogens (tertiary/aromatic N) is 1. The van der Waals surface area contributed by atoms with Crippen LogP contribution in [0.4, 0.5) is 0 Å². The number of hydrogen-bond donors (Lipinski definition) is 0. The first kappa shape index (κ1) is 12.5. The molecule has 0 unspecified atom stereocenters. The van der Waals surface area contributed by atoms with Gasteiger partial charge >= 0.3 is 0 Å². The highest BCUT2D eigenvalue weighted by atomic mass is 35.5. The molecule has 0 fully saturated rings. The molecule has 1 aromatic carbocycles. The Labute approximate surface area is 114 Å². The SMILES string of the molecule is ClCc1cc(Oc2cc(Cl)cc(Cl)c2)ccn1. The number of aromatic nitrogens is 1. The van der Waals surface area contributed by atoms with E-state index < -0.39 is 0 Å². The van der Waals surface area contributed by atoms with Crippen molar-refractivity contribution in [3.8, 4) is 11.5 Å². The van der Waals surface area contributed by atoms with Gasteiger partial charge in [-0.1, -0.05) is 23.2 Å². The normalized spacial score (nSPS) is 10.3. The second-order valence-electron chi connectivity index (χ2n) is 3.32. The molecule has 0 spiro atoms. The number of pyridine rings is 1. The molecule has 0 atom stereocenters. The van der Waals surface area contributed by atoms with E-state index in [0.717, 1.165) is 5.69 Å². The summed E-state index contributed by atoms with van der Waals surface area (Å²) in [5.74, 6) is 1.57. The van der Waals surface area contributed by atoms with Gasteiger partial charge in [0.25, 0.3) is 0 Å². The second kappa shape index (κ2) is 5.58. The molecule has 88 valence electrons. The Morgan fingerprint density at radius 2 is 1.71 bits per heavy atom. The fourth-order valence-electron chi connectivity index (χ4n) is 1.32. The van der Waals surface area contributed by atoms with Crippen molar-refractivity contribution < 1.29 is 4.74 Å². The third kappa shape index (κ3) is 3.50. The molecule has 0 aliphatic carbocycles. The van der Waals surface area contributed by atoms with Crippen LogP contribution in [-0.2, 0) is 5.88 Å². The van der Waals surface area contributed by atoms with Crippen molar-refractivity contribution in [1.82, 2.24) is 4.98 Å². The molecular weight excluding hydrogens is 280 g/mol. The van der Waals surface area contributed by atoms with Crippen molar-refractivity contribution in [1.29, 1.82) is 0 Å². The fraction of sp³-hybridized carbons (Fsp3) is 0.0833. The largest absolute Gasteiger partial charge is 0.457 e. The van der Waals surface area contributed by atoms with Gasteiger partial charge in [0.15, 0.2) is 0 Å². The Kier molecular flexibility index (Phi) is 4.11. The molecule has 2 nitrogen and oxygen atoms in total. The van der Waals surface area contributed by atoms with Crippen LogP contribution in [0.2, 0.25) is 10.0 Å². The molecule has 0 radical (unpaired) electrons. The lowest BCUT2D eigenvalue weighted by Gasteiger charge is -2.07. The summed E-state index contributed by atoms with van der Waals surface area (Å²) in [6, 6.07) is 8.53. The van der Waals surface area contributed by atoms with Gasteiger partial charge < -0.3 is 4.74 Å². The predicted octanol–water partition coefficient (Wildman–Crippen LogP) is 4.92. The lowest BCUT2D eigenvalue weighted by Crippen LogP contribution is -1.88. The number of rotatable bonds is 3. The van der Waals surface area contributed by atoms with Crippen LogP contribution in [0.15, 0.2) is 36.5 Å². The summed E-state index contributed by atoms with van der Waals surface area (Å²) in [5.41, 5.74) is 0.747. The summed E-state index contributed by atoms with van der Waals surface area (Å²) in [6.45, 7) is 0. The van der Waals surface area contributed by atoms with E-state index in [1.165, 1.54) is 0 Å². The summed E-state index contributed by atoms with van der Waals surface area (Å²) >= 11 is 17.4. The van der Waals surface area contributed by atoms with Crippen molar-refractivity contribution in [3.05, 3.63) is 52.3 Å². The van der Waals surface area contributed by atoms with Gasteiger partial charge in [0, 0.05) is 22.3 Å². The first-order valence-electron chi connectivity index (χ1n) is 4.82. The van der Waals surface area contributed by atoms with Crippen molar-refractivity contribution in [2.24, 2.45) is 0 Å². The van der Waals surface area contributed by atoms with Gasteiger partial charge in [-0.15, -0.1) is 11.6 Å². The number of halogens is 3. The van der Waals surface area contributed by atoms with Crippen LogP contribution in [0.25, 0.3) is 0 Å². The summed E-state index contributed by atoms with van der Waals surface area (Å²) in [7, 11) is 0. The zero-order valence-electron chi connectivity index (χ0n) is 8.66. The topological polar surface area (TPSA) is 22.1 Å². The Morgan fingerprint density at radius 1 is 1.00 bits per heavy atom. The van der Waals surface area contributed by atoms with E-state index in [0.29, 0.717) is 27.4 Å². The van der Waals surface area contributed by atoms with Gasteiger partial charge in [-0.25, -0.2) is 0 Å². The van der Waals surface area contributed by atoms with E-state index in [1.807, 2.05) is 0 Å². The Bertz CT molecular complexity index is 511. The molecule has 17 heavy (non-hydrogen) atoms. The van der Waals surface area contributed by atoms with Crippen molar-refractivity contribution >= 4 is 34.8 Å². The van der Waals surface area contributed by atoms with Crippen LogP contribution in [0.1, 0.15) is 5.69 Å². The van der Waals surface area contributed by atoms with E-state index in [2.05, 4.69) is 4.98 Å². The maximum atomic E-state index is 5.88. The third-order valence-corrected chi connectivity index (χ3v) is 2.71. The van der Waals surface area contributed by atoms with Crippen LogP contribution >= 0.6 is 34.8 Å². The van der Waals surface area contributed by atoms with E-state index in [-0.39, 0.29) is 0 Å². The van der Waals surface area contributed by atoms with Crippen LogP contribution in [-0.4, -0.2) is 4.98 Å². The highest BCUT2D eigenvalue weighted by Gasteiger charge is 2.02. The fourth-order valence-corrected chi connectivity index (χ4v) is 1.97. The molecule has 1 heterocycles. The number of alkyl halides is 1. The van der Waals surface area contributed by atoms with Crippen molar-refractivity contribution in [2.45, 2.75) is 5.88 Å². The van der Waals surface area contributed by atoms with Gasteiger partial charge in [-0.05, 0) is 24.3 Å². The number of ether oxygens (including phenoxy) is 1. The van der Waals surface area contributed by atoms with Gasteiger partial charge in [-0.3, -0.25) is 4.98 Å². The van der Waals surface area contributed by atoms with Gasteiger partial charge in [0.2, 0.25) is 0 Å². The minimum atomic E-state index is 0.341. The van der Waals surface area contributed by atoms with Crippen LogP contribution in [0.3, 0.4) is 0 Å². The molecule has 0 saturated carbocycles. The first-order valence-corrected chi connectivity index (χ1v) is 6.11. The molecule has 1 aromatic heterocycles. The minimum absolute atomic E-state index is 0.341. The minimum Gasteiger partial charge on any atom is -0.457 e. The Hall–Kier alpha value is -0.960. The molecule has 2 rings (SSSR count). The number of benzene rings is 1. The second-order valence-corrected chi connectivity index (χ2v) is 4.46. The van der Waals surface area contributed by atoms with Crippen molar-refractivity contribution in [3.63, 3.8) is 0 Å². The van der Waals surface area contributed by atoms with Crippen molar-refractivity contribution in [2.75, 3.05) is 0 Å². The lowest BCUT2D eigenvalue weighted by molar-refractivity contribution is 0.481. The number of hydrogen-bond acceptors (Lipinski definition) is 2. The molecule has 0 aliphatic heterocycles. The predicted molar refractivity (Wildman–Crippen MR) is 70.3 cm³/mol. The highest BCUT2D eigenvalue weighted by molar-refractivity contribution is 6.34. The molecule has 0 amide bonds. The van der Waals surface area contributed by atoms with Crippen LogP contribution in [0, 0.1) is 0 Å². The van der Waals surface area contributed by atoms with Crippen LogP contribution in [0.5, 0.6) is 11.5 Å². The zero-order valence-corrected chi connectivity index (χ0v) is 10.9. The highest BCUT2D eigenvalue weighted by Crippen LogP contribution is 2.28. The monoisotopic (exact) mass is 287 g/mol. The summed E-state index contributed by atoms with van der Waals surface area (Å²) in [6.07, 6.45) is 1.64. The summed E-state index contributed by atoms with van der Waals surface area (Å²) in [5, 5.41) is 1.05. The van der Waals surface area contributed by atoms with Gasteiger partial charge in [-0.2, -0.15) is 0 Å². The average Bonchev–Trinajstić information content (AvgIpc) is 2.28. The zero-order chi connectivity index (χ0) is 12.3. The maximum Gasteiger partial charge on any atom is 0.130 e. The molecule has 0 saturated heterocycles. The Balaban J connectivity index is 2.24. The van der Waals surface area contributed by atoms with Gasteiger partial charge in [0.1, 0.15) is 11.5 Å². The average molecular weight is 289 g/mol. The van der Waals surface area contributed by atoms with E-state index in [9.17, 15) is 0 Å². The van der Waals surface area contributed by atoms with E-state index in [4.69, 9.17) is 39.5 Å². The molecule has 0 aliphatic rings. The summed E-state index contributed by atoms with van der Waals surface area (Å²) in [4.78, 5) is 4.07. The van der Waals surface area contributed by atoms with Crippen LogP contribution < -0.4 is 4.74 Å². The first-order chi connectivity index (χ1) is 8.17. The Morgan fingerprint density at radius 3 is 2.35 bits per heavy atom. The lowest BCUT2D eigenvalue weighted by atomic mass is 10.3. The molecular formula is C12H8Cl3NO. The van der Waals surface area contributed by atoms with E-state index >= 15 is 0 Å². The molecule has 0 N–H and O–H groups in total. The van der Waals surface area contributed by atoms with Gasteiger partial charge in [0.05, 0.1) is 11.6 Å². The van der Waals surface area contributed by atoms with E-state index in [1.54, 1.807) is 36.5 Å². The smallest absolute Gasteiger partial charge is 0.130 e. The maximum absolute atomic E-state index is 5.88.